The smallest absolute Gasteiger partial charge is 0.0989 e. The number of piperidine rings is 1. The molecule has 2 saturated heterocycles. The molecule has 0 saturated carbocycles. The van der Waals surface area contributed by atoms with E-state index < -0.39 is 6.10 Å². The van der Waals surface area contributed by atoms with Gasteiger partial charge in [-0.25, -0.2) is 0 Å². The molecule has 0 unspecified atom stereocenters. The first-order valence-corrected chi connectivity index (χ1v) is 8.37. The number of ether oxygens (including phenoxy) is 1. The molecule has 1 aromatic rings. The van der Waals surface area contributed by atoms with Crippen molar-refractivity contribution in [2.75, 3.05) is 26.2 Å². The fraction of sp³-hybridized carbons (Fsp3) is 0.706. The maximum absolute atomic E-state index is 10.5. The van der Waals surface area contributed by atoms with Gasteiger partial charge in [-0.2, -0.15) is 0 Å². The number of aromatic nitrogens is 1. The van der Waals surface area contributed by atoms with Crippen LogP contribution in [0.2, 0.25) is 0 Å². The van der Waals surface area contributed by atoms with Crippen LogP contribution in [0, 0.1) is 5.92 Å². The van der Waals surface area contributed by atoms with Gasteiger partial charge in [0.1, 0.15) is 0 Å². The molecule has 0 spiro atoms. The molecule has 0 aliphatic carbocycles. The Bertz CT molecular complexity index is 448. The van der Waals surface area contributed by atoms with E-state index in [1.807, 2.05) is 18.2 Å². The van der Waals surface area contributed by atoms with Crippen LogP contribution >= 0.6 is 0 Å². The van der Waals surface area contributed by atoms with Crippen molar-refractivity contribution in [1.82, 2.24) is 15.2 Å². The first-order chi connectivity index (χ1) is 10.7. The Morgan fingerprint density at radius 2 is 2.18 bits per heavy atom. The van der Waals surface area contributed by atoms with Gasteiger partial charge in [0.25, 0.3) is 0 Å². The number of hydrogen-bond donors (Lipinski definition) is 2. The lowest BCUT2D eigenvalue weighted by Crippen LogP contribution is -2.46. The molecule has 22 heavy (non-hydrogen) atoms. The number of aliphatic hydroxyl groups excluding tert-OH is 1. The minimum Gasteiger partial charge on any atom is -0.389 e. The molecule has 1 aromatic heterocycles. The van der Waals surface area contributed by atoms with E-state index in [-0.39, 0.29) is 12.1 Å². The lowest BCUT2D eigenvalue weighted by atomic mass is 9.98. The molecule has 5 nitrogen and oxygen atoms in total. The summed E-state index contributed by atoms with van der Waals surface area (Å²) in [6, 6.07) is 5.87. The van der Waals surface area contributed by atoms with Crippen molar-refractivity contribution in [3.8, 4) is 0 Å². The van der Waals surface area contributed by atoms with Gasteiger partial charge in [-0.1, -0.05) is 13.0 Å². The second-order valence-corrected chi connectivity index (χ2v) is 6.65. The fourth-order valence-electron chi connectivity index (χ4n) is 3.26. The fourth-order valence-corrected chi connectivity index (χ4v) is 3.26. The molecule has 2 aliphatic heterocycles. The number of hydrogen-bond acceptors (Lipinski definition) is 5. The van der Waals surface area contributed by atoms with Crippen molar-refractivity contribution in [3.63, 3.8) is 0 Å². The summed E-state index contributed by atoms with van der Waals surface area (Å²) in [6.07, 6.45) is 3.78. The summed E-state index contributed by atoms with van der Waals surface area (Å²) in [7, 11) is 0. The van der Waals surface area contributed by atoms with Crippen LogP contribution in [0.3, 0.4) is 0 Å². The molecule has 5 heteroatoms. The van der Waals surface area contributed by atoms with Gasteiger partial charge in [0.15, 0.2) is 0 Å². The van der Waals surface area contributed by atoms with E-state index in [0.29, 0.717) is 13.2 Å². The van der Waals surface area contributed by atoms with Crippen molar-refractivity contribution < 1.29 is 9.84 Å². The summed E-state index contributed by atoms with van der Waals surface area (Å²) < 4.78 is 5.82. The molecule has 3 atom stereocenters. The standard InChI is InChI=1S/C17H27N3O2/c1-13-5-8-20(9-6-13)11-16-17(21)15(12-22-16)19-10-14-4-2-3-7-18-14/h2-4,7,13,15-17,19,21H,5-6,8-12H2,1H3/t15-,16-,17+/m0/s1. The molecule has 2 N–H and O–H groups in total. The maximum atomic E-state index is 10.5. The Morgan fingerprint density at radius 1 is 1.36 bits per heavy atom. The third-order valence-corrected chi connectivity index (χ3v) is 4.87. The molecule has 2 fully saturated rings. The summed E-state index contributed by atoms with van der Waals surface area (Å²) in [4.78, 5) is 6.72. The summed E-state index contributed by atoms with van der Waals surface area (Å²) in [5, 5.41) is 13.8. The van der Waals surface area contributed by atoms with Crippen molar-refractivity contribution >= 4 is 0 Å². The van der Waals surface area contributed by atoms with Crippen LogP contribution < -0.4 is 5.32 Å². The van der Waals surface area contributed by atoms with Crippen LogP contribution in [0.4, 0.5) is 0 Å². The molecule has 122 valence electrons. The van der Waals surface area contributed by atoms with Gasteiger partial charge in [0.05, 0.1) is 30.6 Å². The lowest BCUT2D eigenvalue weighted by Gasteiger charge is -2.32. The van der Waals surface area contributed by atoms with Crippen molar-refractivity contribution in [1.29, 1.82) is 0 Å². The highest BCUT2D eigenvalue weighted by Gasteiger charge is 2.36. The minimum absolute atomic E-state index is 0.00396. The topological polar surface area (TPSA) is 57.6 Å². The predicted molar refractivity (Wildman–Crippen MR) is 85.4 cm³/mol. The highest BCUT2D eigenvalue weighted by molar-refractivity contribution is 5.04. The molecule has 0 amide bonds. The number of aliphatic hydroxyl groups is 1. The van der Waals surface area contributed by atoms with Gasteiger partial charge < -0.3 is 20.1 Å². The molecule has 0 bridgehead atoms. The summed E-state index contributed by atoms with van der Waals surface area (Å²) in [5.74, 6) is 0.832. The lowest BCUT2D eigenvalue weighted by molar-refractivity contribution is 0.00858. The Balaban J connectivity index is 1.44. The third-order valence-electron chi connectivity index (χ3n) is 4.87. The molecule has 3 heterocycles. The van der Waals surface area contributed by atoms with Crippen LogP contribution in [-0.2, 0) is 11.3 Å². The number of likely N-dealkylation sites (tertiary alicyclic amines) is 1. The normalized spacial score (nSPS) is 30.7. The van der Waals surface area contributed by atoms with E-state index in [9.17, 15) is 5.11 Å². The van der Waals surface area contributed by atoms with Gasteiger partial charge in [-0.15, -0.1) is 0 Å². The van der Waals surface area contributed by atoms with Gasteiger partial charge >= 0.3 is 0 Å². The van der Waals surface area contributed by atoms with Crippen molar-refractivity contribution in [3.05, 3.63) is 30.1 Å². The van der Waals surface area contributed by atoms with Crippen LogP contribution in [0.15, 0.2) is 24.4 Å². The SMILES string of the molecule is CC1CCN(C[C@@H]2OC[C@H](NCc3ccccn3)[C@H]2O)CC1. The molecule has 2 aliphatic rings. The number of nitrogens with zero attached hydrogens (tertiary/aromatic N) is 2. The molecular formula is C17H27N3O2. The highest BCUT2D eigenvalue weighted by atomic mass is 16.5. The van der Waals surface area contributed by atoms with Crippen LogP contribution in [0.25, 0.3) is 0 Å². The van der Waals surface area contributed by atoms with Gasteiger partial charge in [0, 0.05) is 19.3 Å². The van der Waals surface area contributed by atoms with E-state index in [4.69, 9.17) is 4.74 Å². The Hall–Kier alpha value is -1.01. The third kappa shape index (κ3) is 4.04. The molecular weight excluding hydrogens is 278 g/mol. The zero-order valence-corrected chi connectivity index (χ0v) is 13.3. The quantitative estimate of drug-likeness (QED) is 0.851. The van der Waals surface area contributed by atoms with Gasteiger partial charge in [-0.3, -0.25) is 4.98 Å². The first-order valence-electron chi connectivity index (χ1n) is 8.37. The van der Waals surface area contributed by atoms with E-state index in [2.05, 4.69) is 22.1 Å². The molecule has 0 aromatic carbocycles. The van der Waals surface area contributed by atoms with Crippen LogP contribution in [0.1, 0.15) is 25.5 Å². The zero-order valence-electron chi connectivity index (χ0n) is 13.3. The van der Waals surface area contributed by atoms with Crippen molar-refractivity contribution in [2.24, 2.45) is 5.92 Å². The number of nitrogens with one attached hydrogen (secondary N) is 1. The number of pyridine rings is 1. The number of rotatable bonds is 5. The van der Waals surface area contributed by atoms with E-state index in [0.717, 1.165) is 31.2 Å². The second-order valence-electron chi connectivity index (χ2n) is 6.65. The Kier molecular flexibility index (Phi) is 5.41. The van der Waals surface area contributed by atoms with Gasteiger partial charge in [0.2, 0.25) is 0 Å². The van der Waals surface area contributed by atoms with Crippen LogP contribution in [-0.4, -0.2) is 59.5 Å². The second kappa shape index (κ2) is 7.51. The average molecular weight is 305 g/mol. The van der Waals surface area contributed by atoms with E-state index in [1.165, 1.54) is 12.8 Å². The molecule has 3 rings (SSSR count). The Labute approximate surface area is 132 Å². The predicted octanol–water partition coefficient (Wildman–Crippen LogP) is 1.03. The zero-order chi connectivity index (χ0) is 15.4. The van der Waals surface area contributed by atoms with Gasteiger partial charge in [-0.05, 0) is 44.0 Å². The summed E-state index contributed by atoms with van der Waals surface area (Å²) in [5.41, 5.74) is 0.989. The summed E-state index contributed by atoms with van der Waals surface area (Å²) >= 11 is 0. The van der Waals surface area contributed by atoms with Crippen molar-refractivity contribution in [2.45, 2.75) is 44.6 Å². The summed E-state index contributed by atoms with van der Waals surface area (Å²) in [6.45, 7) is 6.65. The molecule has 0 radical (unpaired) electrons. The average Bonchev–Trinajstić information content (AvgIpc) is 2.89. The van der Waals surface area contributed by atoms with E-state index >= 15 is 0 Å². The largest absolute Gasteiger partial charge is 0.389 e. The van der Waals surface area contributed by atoms with E-state index in [1.54, 1.807) is 6.20 Å². The van der Waals surface area contributed by atoms with Crippen LogP contribution in [0.5, 0.6) is 0 Å². The maximum Gasteiger partial charge on any atom is 0.0989 e. The minimum atomic E-state index is -0.442. The first kappa shape index (κ1) is 15.9. The monoisotopic (exact) mass is 305 g/mol. The Morgan fingerprint density at radius 3 is 2.91 bits per heavy atom. The highest BCUT2D eigenvalue weighted by Crippen LogP contribution is 2.20.